The zero-order chi connectivity index (χ0) is 15.2. The van der Waals surface area contributed by atoms with Crippen molar-refractivity contribution in [1.82, 2.24) is 5.32 Å². The summed E-state index contributed by atoms with van der Waals surface area (Å²) in [6.07, 6.45) is 0. The second kappa shape index (κ2) is 6.60. The van der Waals surface area contributed by atoms with Crippen LogP contribution in [0.15, 0.2) is 18.2 Å². The van der Waals surface area contributed by atoms with Crippen molar-refractivity contribution in [3.8, 4) is 11.5 Å². The van der Waals surface area contributed by atoms with Crippen LogP contribution in [-0.2, 0) is 19.1 Å². The van der Waals surface area contributed by atoms with Crippen molar-refractivity contribution in [2.75, 3.05) is 27.1 Å². The van der Waals surface area contributed by atoms with Gasteiger partial charge in [0.1, 0.15) is 6.54 Å². The van der Waals surface area contributed by atoms with E-state index in [0.29, 0.717) is 11.5 Å². The molecule has 2 rings (SSSR count). The van der Waals surface area contributed by atoms with Gasteiger partial charge in [-0.1, -0.05) is 0 Å². The predicted octanol–water partition coefficient (Wildman–Crippen LogP) is -0.139. The summed E-state index contributed by atoms with van der Waals surface area (Å²) in [6.45, 7) is -0.676. The third-order valence-electron chi connectivity index (χ3n) is 2.60. The van der Waals surface area contributed by atoms with Gasteiger partial charge in [0.2, 0.25) is 6.79 Å². The Bertz CT molecular complexity index is 570. The van der Waals surface area contributed by atoms with Crippen LogP contribution in [0.4, 0.5) is 0 Å². The van der Waals surface area contributed by atoms with Gasteiger partial charge in [0.05, 0.1) is 12.7 Å². The fourth-order valence-electron chi connectivity index (χ4n) is 1.53. The summed E-state index contributed by atoms with van der Waals surface area (Å²) in [7, 11) is 1.20. The molecule has 1 aromatic carbocycles. The maximum Gasteiger partial charge on any atom is 0.338 e. The van der Waals surface area contributed by atoms with Gasteiger partial charge < -0.3 is 24.3 Å². The Morgan fingerprint density at radius 1 is 1.24 bits per heavy atom. The smallest absolute Gasteiger partial charge is 0.338 e. The summed E-state index contributed by atoms with van der Waals surface area (Å²) in [4.78, 5) is 33.9. The number of rotatable bonds is 5. The van der Waals surface area contributed by atoms with Crippen molar-refractivity contribution in [2.24, 2.45) is 0 Å². The van der Waals surface area contributed by atoms with E-state index in [0.717, 1.165) is 0 Å². The maximum atomic E-state index is 11.8. The Morgan fingerprint density at radius 3 is 2.76 bits per heavy atom. The fourth-order valence-corrected chi connectivity index (χ4v) is 1.53. The van der Waals surface area contributed by atoms with Crippen LogP contribution in [0.2, 0.25) is 0 Å². The van der Waals surface area contributed by atoms with Crippen molar-refractivity contribution in [3.63, 3.8) is 0 Å². The molecule has 8 nitrogen and oxygen atoms in total. The third kappa shape index (κ3) is 3.85. The van der Waals surface area contributed by atoms with Gasteiger partial charge in [-0.05, 0) is 18.2 Å². The molecule has 0 saturated heterocycles. The molecule has 1 aromatic rings. The number of fused-ring (bicyclic) bond motifs is 1. The standard InChI is InChI=1S/C13H13NO7/c1-18-12(16)5-14-11(15)6-19-13(17)8-2-3-9-10(4-8)21-7-20-9/h2-4H,5-7H2,1H3,(H,14,15). The lowest BCUT2D eigenvalue weighted by molar-refractivity contribution is -0.141. The molecule has 1 aliphatic heterocycles. The normalized spacial score (nSPS) is 11.7. The van der Waals surface area contributed by atoms with Crippen molar-refractivity contribution >= 4 is 17.8 Å². The van der Waals surface area contributed by atoms with Crippen molar-refractivity contribution < 1.29 is 33.3 Å². The molecule has 0 aliphatic carbocycles. The van der Waals surface area contributed by atoms with Crippen LogP contribution in [0.3, 0.4) is 0 Å². The highest BCUT2D eigenvalue weighted by atomic mass is 16.7. The molecule has 0 spiro atoms. The highest BCUT2D eigenvalue weighted by Gasteiger charge is 2.17. The average Bonchev–Trinajstić information content (AvgIpc) is 2.97. The molecule has 21 heavy (non-hydrogen) atoms. The van der Waals surface area contributed by atoms with E-state index in [1.165, 1.54) is 19.2 Å². The minimum Gasteiger partial charge on any atom is -0.468 e. The molecular formula is C13H13NO7. The summed E-state index contributed by atoms with van der Waals surface area (Å²) in [5.74, 6) is -0.886. The van der Waals surface area contributed by atoms with Crippen LogP contribution in [0.25, 0.3) is 0 Å². The van der Waals surface area contributed by atoms with Crippen LogP contribution in [0, 0.1) is 0 Å². The predicted molar refractivity (Wildman–Crippen MR) is 67.9 cm³/mol. The Balaban J connectivity index is 1.82. The number of nitrogens with one attached hydrogen (secondary N) is 1. The highest BCUT2D eigenvalue weighted by molar-refractivity contribution is 5.92. The number of carbonyl (C=O) groups excluding carboxylic acids is 3. The molecule has 0 bridgehead atoms. The monoisotopic (exact) mass is 295 g/mol. The first-order valence-corrected chi connectivity index (χ1v) is 6.00. The van der Waals surface area contributed by atoms with E-state index in [1.807, 2.05) is 0 Å². The first-order valence-electron chi connectivity index (χ1n) is 6.00. The Kier molecular flexibility index (Phi) is 4.60. The molecule has 1 N–H and O–H groups in total. The van der Waals surface area contributed by atoms with Crippen LogP contribution in [0.1, 0.15) is 10.4 Å². The molecular weight excluding hydrogens is 282 g/mol. The summed E-state index contributed by atoms with van der Waals surface area (Å²) in [5.41, 5.74) is 0.236. The van der Waals surface area contributed by atoms with Crippen LogP contribution in [-0.4, -0.2) is 44.9 Å². The van der Waals surface area contributed by atoms with E-state index in [2.05, 4.69) is 10.1 Å². The number of hydrogen-bond donors (Lipinski definition) is 1. The zero-order valence-corrected chi connectivity index (χ0v) is 11.2. The van der Waals surface area contributed by atoms with Crippen LogP contribution < -0.4 is 14.8 Å². The lowest BCUT2D eigenvalue weighted by Gasteiger charge is -2.06. The van der Waals surface area contributed by atoms with Crippen molar-refractivity contribution in [3.05, 3.63) is 23.8 Å². The van der Waals surface area contributed by atoms with E-state index in [4.69, 9.17) is 14.2 Å². The minimum atomic E-state index is -0.679. The van der Waals surface area contributed by atoms with E-state index >= 15 is 0 Å². The largest absolute Gasteiger partial charge is 0.468 e. The van der Waals surface area contributed by atoms with Gasteiger partial charge in [-0.3, -0.25) is 9.59 Å². The molecule has 1 aliphatic rings. The van der Waals surface area contributed by atoms with Gasteiger partial charge in [0.15, 0.2) is 18.1 Å². The Hall–Kier alpha value is -2.77. The number of benzene rings is 1. The number of hydrogen-bond acceptors (Lipinski definition) is 7. The number of ether oxygens (including phenoxy) is 4. The molecule has 1 heterocycles. The van der Waals surface area contributed by atoms with E-state index in [9.17, 15) is 14.4 Å². The highest BCUT2D eigenvalue weighted by Crippen LogP contribution is 2.32. The fraction of sp³-hybridized carbons (Fsp3) is 0.308. The van der Waals surface area contributed by atoms with Gasteiger partial charge in [-0.2, -0.15) is 0 Å². The summed E-state index contributed by atoms with van der Waals surface area (Å²) >= 11 is 0. The summed E-state index contributed by atoms with van der Waals surface area (Å²) < 4.78 is 19.4. The number of carbonyl (C=O) groups is 3. The molecule has 0 radical (unpaired) electrons. The molecule has 112 valence electrons. The van der Waals surface area contributed by atoms with Crippen molar-refractivity contribution in [2.45, 2.75) is 0 Å². The minimum absolute atomic E-state index is 0.101. The van der Waals surface area contributed by atoms with E-state index in [1.54, 1.807) is 6.07 Å². The summed E-state index contributed by atoms with van der Waals surface area (Å²) in [5, 5.41) is 2.25. The SMILES string of the molecule is COC(=O)CNC(=O)COC(=O)c1ccc2c(c1)OCO2. The first kappa shape index (κ1) is 14.6. The topological polar surface area (TPSA) is 100 Å². The van der Waals surface area contributed by atoms with Gasteiger partial charge in [-0.25, -0.2) is 4.79 Å². The van der Waals surface area contributed by atoms with E-state index in [-0.39, 0.29) is 18.9 Å². The first-order chi connectivity index (χ1) is 10.1. The molecule has 0 aromatic heterocycles. The van der Waals surface area contributed by atoms with Gasteiger partial charge >= 0.3 is 11.9 Å². The van der Waals surface area contributed by atoms with Crippen molar-refractivity contribution in [1.29, 1.82) is 0 Å². The number of esters is 2. The molecule has 8 heteroatoms. The molecule has 1 amide bonds. The quantitative estimate of drug-likeness (QED) is 0.755. The van der Waals surface area contributed by atoms with E-state index < -0.39 is 24.5 Å². The Morgan fingerprint density at radius 2 is 2.00 bits per heavy atom. The van der Waals surface area contributed by atoms with Crippen LogP contribution in [0.5, 0.6) is 11.5 Å². The maximum absolute atomic E-state index is 11.8. The second-order valence-corrected chi connectivity index (χ2v) is 4.00. The third-order valence-corrected chi connectivity index (χ3v) is 2.60. The van der Waals surface area contributed by atoms with Gasteiger partial charge in [0, 0.05) is 0 Å². The number of amides is 1. The van der Waals surface area contributed by atoms with Gasteiger partial charge in [0.25, 0.3) is 5.91 Å². The number of methoxy groups -OCH3 is 1. The molecule has 0 fully saturated rings. The second-order valence-electron chi connectivity index (χ2n) is 4.00. The molecule has 0 saturated carbocycles. The average molecular weight is 295 g/mol. The lowest BCUT2D eigenvalue weighted by atomic mass is 10.2. The summed E-state index contributed by atoms with van der Waals surface area (Å²) in [6, 6.07) is 4.55. The molecule has 0 unspecified atom stereocenters. The molecule has 0 atom stereocenters. The lowest BCUT2D eigenvalue weighted by Crippen LogP contribution is -2.33. The van der Waals surface area contributed by atoms with Gasteiger partial charge in [-0.15, -0.1) is 0 Å². The Labute approximate surface area is 119 Å². The van der Waals surface area contributed by atoms with Crippen LogP contribution >= 0.6 is 0 Å². The zero-order valence-electron chi connectivity index (χ0n) is 11.2.